The molecule has 2 aromatic carbocycles. The van der Waals surface area contributed by atoms with Crippen LogP contribution in [0.3, 0.4) is 0 Å². The van der Waals surface area contributed by atoms with Crippen molar-refractivity contribution in [2.24, 2.45) is 0 Å². The molecular weight excluding hydrogens is 378 g/mol. The average Bonchev–Trinajstić information content (AvgIpc) is 3.47. The predicted octanol–water partition coefficient (Wildman–Crippen LogP) is 4.17. The SMILES string of the molecule is O=C(NCc1cccc(COCc2ccco2)c1)c1ccc(Cn2cccn2)cc1. The zero-order chi connectivity index (χ0) is 20.6. The zero-order valence-electron chi connectivity index (χ0n) is 16.5. The number of carbonyl (C=O) groups is 1. The van der Waals surface area contributed by atoms with Crippen LogP contribution in [0.2, 0.25) is 0 Å². The van der Waals surface area contributed by atoms with Gasteiger partial charge in [0.25, 0.3) is 5.91 Å². The van der Waals surface area contributed by atoms with E-state index in [-0.39, 0.29) is 5.91 Å². The van der Waals surface area contributed by atoms with Crippen LogP contribution in [0, 0.1) is 0 Å². The van der Waals surface area contributed by atoms with Gasteiger partial charge >= 0.3 is 0 Å². The molecule has 0 unspecified atom stereocenters. The standard InChI is InChI=1S/C24H23N3O3/c28-24(22-9-7-19(8-10-22)16-27-12-3-11-26-27)25-15-20-4-1-5-21(14-20)17-29-18-23-6-2-13-30-23/h1-14H,15-18H2,(H,25,28). The second-order valence-electron chi connectivity index (χ2n) is 6.98. The summed E-state index contributed by atoms with van der Waals surface area (Å²) in [6, 6.07) is 21.2. The first-order valence-electron chi connectivity index (χ1n) is 9.79. The van der Waals surface area contributed by atoms with E-state index < -0.39 is 0 Å². The summed E-state index contributed by atoms with van der Waals surface area (Å²) in [6.07, 6.45) is 5.30. The molecule has 4 aromatic rings. The third-order valence-electron chi connectivity index (χ3n) is 4.66. The minimum atomic E-state index is -0.0971. The quantitative estimate of drug-likeness (QED) is 0.457. The number of nitrogens with one attached hydrogen (secondary N) is 1. The Balaban J connectivity index is 1.27. The highest BCUT2D eigenvalue weighted by atomic mass is 16.5. The van der Waals surface area contributed by atoms with E-state index in [0.29, 0.717) is 31.9 Å². The predicted molar refractivity (Wildman–Crippen MR) is 113 cm³/mol. The summed E-state index contributed by atoms with van der Waals surface area (Å²) in [5.74, 6) is 0.703. The van der Waals surface area contributed by atoms with Gasteiger partial charge in [-0.3, -0.25) is 9.48 Å². The van der Waals surface area contributed by atoms with Crippen LogP contribution in [0.1, 0.15) is 32.8 Å². The molecule has 1 amide bonds. The molecule has 0 saturated carbocycles. The second kappa shape index (κ2) is 9.71. The summed E-state index contributed by atoms with van der Waals surface area (Å²) in [5.41, 5.74) is 3.81. The minimum absolute atomic E-state index is 0.0971. The number of aromatic nitrogens is 2. The van der Waals surface area contributed by atoms with Crippen molar-refractivity contribution in [2.45, 2.75) is 26.3 Å². The lowest BCUT2D eigenvalue weighted by Crippen LogP contribution is -2.22. The molecule has 0 aliphatic heterocycles. The van der Waals surface area contributed by atoms with Crippen LogP contribution in [-0.2, 0) is 31.0 Å². The van der Waals surface area contributed by atoms with Crippen molar-refractivity contribution in [3.8, 4) is 0 Å². The molecule has 0 fully saturated rings. The molecular formula is C24H23N3O3. The molecule has 4 rings (SSSR count). The molecule has 2 aromatic heterocycles. The van der Waals surface area contributed by atoms with Crippen molar-refractivity contribution < 1.29 is 13.9 Å². The Morgan fingerprint density at radius 2 is 1.83 bits per heavy atom. The van der Waals surface area contributed by atoms with Gasteiger partial charge in [-0.25, -0.2) is 0 Å². The van der Waals surface area contributed by atoms with Gasteiger partial charge in [0.15, 0.2) is 0 Å². The van der Waals surface area contributed by atoms with Gasteiger partial charge in [-0.2, -0.15) is 5.10 Å². The molecule has 0 bridgehead atoms. The van der Waals surface area contributed by atoms with Crippen molar-refractivity contribution in [1.29, 1.82) is 0 Å². The summed E-state index contributed by atoms with van der Waals surface area (Å²) < 4.78 is 12.8. The number of nitrogens with zero attached hydrogens (tertiary/aromatic N) is 2. The van der Waals surface area contributed by atoms with Crippen molar-refractivity contribution >= 4 is 5.91 Å². The first kappa shape index (κ1) is 19.7. The molecule has 6 heteroatoms. The summed E-state index contributed by atoms with van der Waals surface area (Å²) in [6.45, 7) is 2.06. The Kier molecular flexibility index (Phi) is 6.37. The highest BCUT2D eigenvalue weighted by molar-refractivity contribution is 5.94. The van der Waals surface area contributed by atoms with Gasteiger partial charge in [-0.05, 0) is 47.0 Å². The number of rotatable bonds is 9. The lowest BCUT2D eigenvalue weighted by Gasteiger charge is -2.09. The van der Waals surface area contributed by atoms with Gasteiger partial charge in [-0.15, -0.1) is 0 Å². The van der Waals surface area contributed by atoms with E-state index in [0.717, 1.165) is 22.5 Å². The largest absolute Gasteiger partial charge is 0.467 e. The molecule has 0 spiro atoms. The number of hydrogen-bond acceptors (Lipinski definition) is 4. The highest BCUT2D eigenvalue weighted by Gasteiger charge is 2.06. The maximum absolute atomic E-state index is 12.5. The summed E-state index contributed by atoms with van der Waals surface area (Å²) in [4.78, 5) is 12.5. The Hall–Kier alpha value is -3.64. The first-order valence-corrected chi connectivity index (χ1v) is 9.79. The molecule has 152 valence electrons. The van der Waals surface area contributed by atoms with E-state index in [1.165, 1.54) is 0 Å². The van der Waals surface area contributed by atoms with E-state index in [1.54, 1.807) is 12.5 Å². The average molecular weight is 401 g/mol. The first-order chi connectivity index (χ1) is 14.8. The zero-order valence-corrected chi connectivity index (χ0v) is 16.5. The number of benzene rings is 2. The molecule has 1 N–H and O–H groups in total. The Bertz CT molecular complexity index is 1060. The Morgan fingerprint density at radius 1 is 0.967 bits per heavy atom. The smallest absolute Gasteiger partial charge is 0.251 e. The van der Waals surface area contributed by atoms with Crippen molar-refractivity contribution in [3.63, 3.8) is 0 Å². The molecule has 2 heterocycles. The van der Waals surface area contributed by atoms with E-state index in [2.05, 4.69) is 10.4 Å². The molecule has 0 atom stereocenters. The Labute approximate surface area is 175 Å². The van der Waals surface area contributed by atoms with E-state index in [1.807, 2.05) is 77.6 Å². The molecule has 0 saturated heterocycles. The number of amides is 1. The number of carbonyl (C=O) groups excluding carboxylic acids is 1. The third kappa shape index (κ3) is 5.46. The normalized spacial score (nSPS) is 10.8. The number of ether oxygens (including phenoxy) is 1. The summed E-state index contributed by atoms with van der Waals surface area (Å²) in [5, 5.41) is 7.17. The van der Waals surface area contributed by atoms with Gasteiger partial charge in [0.1, 0.15) is 12.4 Å². The van der Waals surface area contributed by atoms with Gasteiger partial charge in [-0.1, -0.05) is 36.4 Å². The second-order valence-corrected chi connectivity index (χ2v) is 6.98. The highest BCUT2D eigenvalue weighted by Crippen LogP contribution is 2.10. The fourth-order valence-corrected chi connectivity index (χ4v) is 3.12. The fourth-order valence-electron chi connectivity index (χ4n) is 3.12. The molecule has 6 nitrogen and oxygen atoms in total. The maximum Gasteiger partial charge on any atom is 0.251 e. The van der Waals surface area contributed by atoms with Crippen LogP contribution in [0.4, 0.5) is 0 Å². The van der Waals surface area contributed by atoms with Crippen molar-refractivity contribution in [3.05, 3.63) is 113 Å². The van der Waals surface area contributed by atoms with Crippen molar-refractivity contribution in [1.82, 2.24) is 15.1 Å². The van der Waals surface area contributed by atoms with Crippen LogP contribution in [0.5, 0.6) is 0 Å². The minimum Gasteiger partial charge on any atom is -0.467 e. The Morgan fingerprint density at radius 3 is 2.60 bits per heavy atom. The van der Waals surface area contributed by atoms with E-state index >= 15 is 0 Å². The molecule has 0 aliphatic carbocycles. The lowest BCUT2D eigenvalue weighted by atomic mass is 10.1. The van der Waals surface area contributed by atoms with Crippen LogP contribution < -0.4 is 5.32 Å². The van der Waals surface area contributed by atoms with Gasteiger partial charge in [0.2, 0.25) is 0 Å². The van der Waals surface area contributed by atoms with Gasteiger partial charge in [0, 0.05) is 24.5 Å². The lowest BCUT2D eigenvalue weighted by molar-refractivity contribution is 0.0928. The number of hydrogen-bond donors (Lipinski definition) is 1. The fraction of sp³-hybridized carbons (Fsp3) is 0.167. The molecule has 0 radical (unpaired) electrons. The van der Waals surface area contributed by atoms with Crippen LogP contribution in [0.25, 0.3) is 0 Å². The van der Waals surface area contributed by atoms with Crippen molar-refractivity contribution in [2.75, 3.05) is 0 Å². The van der Waals surface area contributed by atoms with Gasteiger partial charge < -0.3 is 14.5 Å². The number of furan rings is 1. The summed E-state index contributed by atoms with van der Waals surface area (Å²) >= 11 is 0. The van der Waals surface area contributed by atoms with Crippen LogP contribution >= 0.6 is 0 Å². The topological polar surface area (TPSA) is 69.3 Å². The van der Waals surface area contributed by atoms with Gasteiger partial charge in [0.05, 0.1) is 19.4 Å². The van der Waals surface area contributed by atoms with Crippen LogP contribution in [-0.4, -0.2) is 15.7 Å². The van der Waals surface area contributed by atoms with E-state index in [9.17, 15) is 4.79 Å². The maximum atomic E-state index is 12.5. The molecule has 0 aliphatic rings. The molecule has 30 heavy (non-hydrogen) atoms. The summed E-state index contributed by atoms with van der Waals surface area (Å²) in [7, 11) is 0. The van der Waals surface area contributed by atoms with Crippen LogP contribution in [0.15, 0.2) is 89.8 Å². The van der Waals surface area contributed by atoms with E-state index in [4.69, 9.17) is 9.15 Å². The third-order valence-corrected chi connectivity index (χ3v) is 4.66. The monoisotopic (exact) mass is 401 g/mol.